The Morgan fingerprint density at radius 2 is 2.07 bits per heavy atom. The second kappa shape index (κ2) is 9.32. The molecule has 0 unspecified atom stereocenters. The van der Waals surface area contributed by atoms with Crippen LogP contribution in [0.2, 0.25) is 0 Å². The van der Waals surface area contributed by atoms with Crippen LogP contribution in [0.5, 0.6) is 0 Å². The maximum Gasteiger partial charge on any atom is 0.348 e. The number of amides is 1. The summed E-state index contributed by atoms with van der Waals surface area (Å²) in [5.41, 5.74) is 1.79. The molecule has 8 heteroatoms. The van der Waals surface area contributed by atoms with Gasteiger partial charge in [0.05, 0.1) is 5.56 Å². The number of aryl methyl sites for hydroxylation is 2. The van der Waals surface area contributed by atoms with E-state index in [0.717, 1.165) is 31.4 Å². The van der Waals surface area contributed by atoms with Crippen molar-refractivity contribution in [1.29, 1.82) is 5.26 Å². The van der Waals surface area contributed by atoms with E-state index in [0.29, 0.717) is 30.2 Å². The molecule has 0 atom stereocenters. The van der Waals surface area contributed by atoms with Gasteiger partial charge in [-0.25, -0.2) is 9.78 Å². The van der Waals surface area contributed by atoms with Crippen LogP contribution < -0.4 is 16.3 Å². The van der Waals surface area contributed by atoms with Gasteiger partial charge in [-0.3, -0.25) is 9.36 Å². The number of hydrogen-bond donors (Lipinski definition) is 2. The number of carbonyl (C=O) groups is 1. The maximum absolute atomic E-state index is 12.5. The largest absolute Gasteiger partial charge is 0.366 e. The van der Waals surface area contributed by atoms with Crippen LogP contribution in [0, 0.1) is 31.1 Å². The fourth-order valence-corrected chi connectivity index (χ4v) is 3.79. The molecule has 0 radical (unpaired) electrons. The Balaban J connectivity index is 1.46. The molecular formula is C21H26N6O2. The second-order valence-electron chi connectivity index (χ2n) is 7.47. The summed E-state index contributed by atoms with van der Waals surface area (Å²) >= 11 is 0. The topological polar surface area (TPSA) is 113 Å². The molecule has 1 saturated carbocycles. The highest BCUT2D eigenvalue weighted by atomic mass is 16.2. The average Bonchev–Trinajstić information content (AvgIpc) is 2.70. The minimum absolute atomic E-state index is 0.0267. The van der Waals surface area contributed by atoms with E-state index in [-0.39, 0.29) is 23.6 Å². The number of anilines is 1. The molecule has 0 aromatic carbocycles. The molecule has 0 spiro atoms. The third-order valence-electron chi connectivity index (χ3n) is 5.35. The van der Waals surface area contributed by atoms with Gasteiger partial charge in [-0.1, -0.05) is 0 Å². The lowest BCUT2D eigenvalue weighted by Gasteiger charge is -2.29. The number of hydrogen-bond acceptors (Lipinski definition) is 6. The molecule has 3 rings (SSSR count). The summed E-state index contributed by atoms with van der Waals surface area (Å²) in [5.74, 6) is 0.612. The number of nitrogens with one attached hydrogen (secondary N) is 2. The first kappa shape index (κ1) is 20.5. The Morgan fingerprint density at radius 3 is 2.76 bits per heavy atom. The number of pyridine rings is 1. The zero-order valence-electron chi connectivity index (χ0n) is 16.8. The molecule has 0 aliphatic heterocycles. The molecule has 8 nitrogen and oxygen atoms in total. The summed E-state index contributed by atoms with van der Waals surface area (Å²) in [6, 6.07) is 7.69. The summed E-state index contributed by atoms with van der Waals surface area (Å²) < 4.78 is 1.58. The Labute approximate surface area is 170 Å². The summed E-state index contributed by atoms with van der Waals surface area (Å²) in [6.07, 6.45) is 4.92. The lowest BCUT2D eigenvalue weighted by molar-refractivity contribution is -0.126. The van der Waals surface area contributed by atoms with Crippen LogP contribution in [0.25, 0.3) is 0 Å². The van der Waals surface area contributed by atoms with Crippen LogP contribution in [0.4, 0.5) is 5.82 Å². The van der Waals surface area contributed by atoms with E-state index >= 15 is 0 Å². The lowest BCUT2D eigenvalue weighted by atomic mass is 9.85. The SMILES string of the molecule is Cc1cc(C)n(CCNC(=O)C2CCC(Nc3ncccc3C#N)CC2)c(=O)n1. The predicted molar refractivity (Wildman–Crippen MR) is 109 cm³/mol. The minimum Gasteiger partial charge on any atom is -0.366 e. The number of carbonyl (C=O) groups excluding carboxylic acids is 1. The van der Waals surface area contributed by atoms with Crippen molar-refractivity contribution in [2.75, 3.05) is 11.9 Å². The molecule has 2 aromatic rings. The van der Waals surface area contributed by atoms with Crippen LogP contribution in [0.3, 0.4) is 0 Å². The molecule has 2 aromatic heterocycles. The fraction of sp³-hybridized carbons (Fsp3) is 0.476. The molecule has 2 N–H and O–H groups in total. The van der Waals surface area contributed by atoms with Crippen LogP contribution in [-0.2, 0) is 11.3 Å². The van der Waals surface area contributed by atoms with Crippen LogP contribution >= 0.6 is 0 Å². The highest BCUT2D eigenvalue weighted by molar-refractivity contribution is 5.78. The summed E-state index contributed by atoms with van der Waals surface area (Å²) in [4.78, 5) is 32.6. The highest BCUT2D eigenvalue weighted by Crippen LogP contribution is 2.27. The van der Waals surface area contributed by atoms with Gasteiger partial charge in [-0.15, -0.1) is 0 Å². The van der Waals surface area contributed by atoms with Crippen LogP contribution in [0.1, 0.15) is 42.6 Å². The van der Waals surface area contributed by atoms with Gasteiger partial charge >= 0.3 is 5.69 Å². The molecule has 1 fully saturated rings. The normalized spacial score (nSPS) is 18.7. The molecule has 1 aliphatic rings. The van der Waals surface area contributed by atoms with E-state index in [1.54, 1.807) is 29.8 Å². The Hall–Kier alpha value is -3.21. The molecule has 0 saturated heterocycles. The van der Waals surface area contributed by atoms with Gasteiger partial charge in [0, 0.05) is 42.6 Å². The molecular weight excluding hydrogens is 368 g/mol. The Kier molecular flexibility index (Phi) is 6.60. The van der Waals surface area contributed by atoms with E-state index in [1.807, 2.05) is 13.0 Å². The van der Waals surface area contributed by atoms with Crippen molar-refractivity contribution in [1.82, 2.24) is 19.9 Å². The van der Waals surface area contributed by atoms with Crippen molar-refractivity contribution >= 4 is 11.7 Å². The third-order valence-corrected chi connectivity index (χ3v) is 5.35. The molecule has 1 aliphatic carbocycles. The van der Waals surface area contributed by atoms with E-state index < -0.39 is 0 Å². The van der Waals surface area contributed by atoms with E-state index in [4.69, 9.17) is 5.26 Å². The van der Waals surface area contributed by atoms with Crippen molar-refractivity contribution in [3.05, 3.63) is 51.8 Å². The monoisotopic (exact) mass is 394 g/mol. The number of nitrogens with zero attached hydrogens (tertiary/aromatic N) is 4. The second-order valence-corrected chi connectivity index (χ2v) is 7.47. The zero-order valence-corrected chi connectivity index (χ0v) is 16.8. The van der Waals surface area contributed by atoms with Gasteiger partial charge in [-0.2, -0.15) is 10.2 Å². The Morgan fingerprint density at radius 1 is 1.31 bits per heavy atom. The van der Waals surface area contributed by atoms with Gasteiger partial charge in [0.2, 0.25) is 5.91 Å². The number of rotatable bonds is 6. The summed E-state index contributed by atoms with van der Waals surface area (Å²) in [5, 5.41) is 15.4. The molecule has 2 heterocycles. The molecule has 1 amide bonds. The number of nitriles is 1. The van der Waals surface area contributed by atoms with Gasteiger partial charge in [0.15, 0.2) is 0 Å². The average molecular weight is 394 g/mol. The molecule has 29 heavy (non-hydrogen) atoms. The zero-order chi connectivity index (χ0) is 20.8. The van der Waals surface area contributed by atoms with Crippen molar-refractivity contribution < 1.29 is 4.79 Å². The first-order chi connectivity index (χ1) is 14.0. The van der Waals surface area contributed by atoms with Crippen molar-refractivity contribution in [3.63, 3.8) is 0 Å². The molecule has 152 valence electrons. The quantitative estimate of drug-likeness (QED) is 0.774. The van der Waals surface area contributed by atoms with Crippen molar-refractivity contribution in [2.45, 2.75) is 52.1 Å². The predicted octanol–water partition coefficient (Wildman–Crippen LogP) is 1.91. The standard InChI is InChI=1S/C21H26N6O2/c1-14-12-15(2)27(21(29)25-14)11-10-24-20(28)16-5-7-18(8-6-16)26-19-17(13-22)4-3-9-23-19/h3-4,9,12,16,18H,5-8,10-11H2,1-2H3,(H,23,26)(H,24,28). The maximum atomic E-state index is 12.5. The van der Waals surface area contributed by atoms with E-state index in [2.05, 4.69) is 26.7 Å². The van der Waals surface area contributed by atoms with E-state index in [9.17, 15) is 9.59 Å². The Bertz CT molecular complexity index is 970. The van der Waals surface area contributed by atoms with Gasteiger partial charge < -0.3 is 10.6 Å². The van der Waals surface area contributed by atoms with Crippen molar-refractivity contribution in [3.8, 4) is 6.07 Å². The smallest absolute Gasteiger partial charge is 0.348 e. The minimum atomic E-state index is -0.283. The fourth-order valence-electron chi connectivity index (χ4n) is 3.79. The lowest BCUT2D eigenvalue weighted by Crippen LogP contribution is -2.38. The first-order valence-electron chi connectivity index (χ1n) is 9.92. The first-order valence-corrected chi connectivity index (χ1v) is 9.92. The van der Waals surface area contributed by atoms with Gasteiger partial charge in [0.1, 0.15) is 11.9 Å². The van der Waals surface area contributed by atoms with Gasteiger partial charge in [-0.05, 0) is 57.7 Å². The summed E-state index contributed by atoms with van der Waals surface area (Å²) in [7, 11) is 0. The van der Waals surface area contributed by atoms with E-state index in [1.165, 1.54) is 0 Å². The van der Waals surface area contributed by atoms with Crippen molar-refractivity contribution in [2.24, 2.45) is 5.92 Å². The number of aromatic nitrogens is 3. The van der Waals surface area contributed by atoms with Gasteiger partial charge in [0.25, 0.3) is 0 Å². The summed E-state index contributed by atoms with van der Waals surface area (Å²) in [6.45, 7) is 4.48. The highest BCUT2D eigenvalue weighted by Gasteiger charge is 2.26. The van der Waals surface area contributed by atoms with Crippen LogP contribution in [-0.4, -0.2) is 33.0 Å². The van der Waals surface area contributed by atoms with Crippen LogP contribution in [0.15, 0.2) is 29.2 Å². The third kappa shape index (κ3) is 5.19. The molecule has 0 bridgehead atoms.